The number of carbonyl (C=O) groups excluding carboxylic acids is 4. The highest BCUT2D eigenvalue weighted by molar-refractivity contribution is 5.92. The van der Waals surface area contributed by atoms with Crippen molar-refractivity contribution in [2.75, 3.05) is 19.7 Å². The minimum absolute atomic E-state index is 0.128. The molecule has 0 aliphatic carbocycles. The summed E-state index contributed by atoms with van der Waals surface area (Å²) in [6, 6.07) is 4.26. The highest BCUT2D eigenvalue weighted by Gasteiger charge is 2.37. The average Bonchev–Trinajstić information content (AvgIpc) is 2.82. The summed E-state index contributed by atoms with van der Waals surface area (Å²) in [4.78, 5) is 52.4. The number of hydrogen-bond acceptors (Lipinski definition) is 6. The van der Waals surface area contributed by atoms with E-state index in [9.17, 15) is 24.3 Å². The Morgan fingerprint density at radius 3 is 2.43 bits per heavy atom. The van der Waals surface area contributed by atoms with Crippen LogP contribution in [0.4, 0.5) is 4.79 Å². The van der Waals surface area contributed by atoms with Gasteiger partial charge in [0, 0.05) is 25.1 Å². The smallest absolute Gasteiger partial charge is 0.408 e. The van der Waals surface area contributed by atoms with E-state index in [2.05, 4.69) is 16.6 Å². The summed E-state index contributed by atoms with van der Waals surface area (Å²) in [5.41, 5.74) is 5.25. The molecule has 4 amide bonds. The number of ether oxygens (including phenoxy) is 1. The lowest BCUT2D eigenvalue weighted by Crippen LogP contribution is -2.54. The van der Waals surface area contributed by atoms with E-state index in [-0.39, 0.29) is 19.4 Å². The molecule has 0 radical (unpaired) electrons. The third kappa shape index (κ3) is 10.9. The molecule has 0 saturated heterocycles. The number of aliphatic hydroxyl groups excluding tert-OH is 1. The summed E-state index contributed by atoms with van der Waals surface area (Å²) < 4.78 is 5.28. The molecule has 0 saturated carbocycles. The molecule has 37 heavy (non-hydrogen) atoms. The second-order valence-electron chi connectivity index (χ2n) is 9.59. The fourth-order valence-corrected chi connectivity index (χ4v) is 3.67. The molecule has 0 aromatic heterocycles. The van der Waals surface area contributed by atoms with Gasteiger partial charge in [0.25, 0.3) is 0 Å². The van der Waals surface area contributed by atoms with Crippen molar-refractivity contribution in [1.82, 2.24) is 15.5 Å². The summed E-state index contributed by atoms with van der Waals surface area (Å²) in [5.74, 6) is 0.700. The van der Waals surface area contributed by atoms with Crippen molar-refractivity contribution in [3.63, 3.8) is 0 Å². The van der Waals surface area contributed by atoms with Crippen LogP contribution in [-0.2, 0) is 19.1 Å². The molecule has 10 heteroatoms. The van der Waals surface area contributed by atoms with E-state index in [4.69, 9.17) is 16.9 Å². The number of rotatable bonds is 14. The second-order valence-corrected chi connectivity index (χ2v) is 9.59. The van der Waals surface area contributed by atoms with Crippen LogP contribution in [0.15, 0.2) is 24.3 Å². The lowest BCUT2D eigenvalue weighted by Gasteiger charge is -2.34. The largest absolute Gasteiger partial charge is 0.444 e. The van der Waals surface area contributed by atoms with Gasteiger partial charge in [-0.1, -0.05) is 43.9 Å². The maximum atomic E-state index is 13.8. The Balaban J connectivity index is 3.45. The van der Waals surface area contributed by atoms with Gasteiger partial charge in [-0.25, -0.2) is 4.79 Å². The number of carbonyl (C=O) groups is 4. The fraction of sp³-hybridized carbons (Fsp3) is 0.556. The van der Waals surface area contributed by atoms with Gasteiger partial charge < -0.3 is 31.1 Å². The van der Waals surface area contributed by atoms with Crippen LogP contribution in [0.2, 0.25) is 0 Å². The molecule has 0 bridgehead atoms. The second kappa shape index (κ2) is 15.5. The molecule has 1 aromatic rings. The molecule has 0 heterocycles. The minimum Gasteiger partial charge on any atom is -0.444 e. The highest BCUT2D eigenvalue weighted by atomic mass is 16.6. The number of unbranched alkanes of at least 4 members (excludes halogenated alkanes) is 2. The Hall–Kier alpha value is -3.58. The Bertz CT molecular complexity index is 966. The third-order valence-corrected chi connectivity index (χ3v) is 5.34. The van der Waals surface area contributed by atoms with Gasteiger partial charge in [0.1, 0.15) is 17.7 Å². The van der Waals surface area contributed by atoms with E-state index in [1.165, 1.54) is 0 Å². The maximum absolute atomic E-state index is 13.8. The molecule has 5 N–H and O–H groups in total. The molecular weight excluding hydrogens is 476 g/mol. The van der Waals surface area contributed by atoms with Gasteiger partial charge in [0.05, 0.1) is 6.61 Å². The zero-order valence-corrected chi connectivity index (χ0v) is 22.2. The SMILES string of the molecule is C#Cc1ccccc1C(C(=O)NCCCCC)N(CCO)C(=O)C(CCC(N)=O)NC(=O)OC(C)(C)C. The summed E-state index contributed by atoms with van der Waals surface area (Å²) in [6.07, 6.45) is 7.12. The van der Waals surface area contributed by atoms with Crippen molar-refractivity contribution < 1.29 is 29.0 Å². The highest BCUT2D eigenvalue weighted by Crippen LogP contribution is 2.26. The van der Waals surface area contributed by atoms with Crippen molar-refractivity contribution in [2.24, 2.45) is 5.73 Å². The van der Waals surface area contributed by atoms with Crippen LogP contribution in [0.3, 0.4) is 0 Å². The third-order valence-electron chi connectivity index (χ3n) is 5.34. The van der Waals surface area contributed by atoms with Crippen molar-refractivity contribution in [3.05, 3.63) is 35.4 Å². The van der Waals surface area contributed by atoms with Gasteiger partial charge in [-0.15, -0.1) is 6.42 Å². The predicted molar refractivity (Wildman–Crippen MR) is 140 cm³/mol. The van der Waals surface area contributed by atoms with Gasteiger partial charge in [-0.05, 0) is 45.2 Å². The van der Waals surface area contributed by atoms with E-state index >= 15 is 0 Å². The quantitative estimate of drug-likeness (QED) is 0.219. The molecular formula is C27H40N4O6. The molecule has 1 rings (SSSR count). The number of benzene rings is 1. The molecule has 0 spiro atoms. The monoisotopic (exact) mass is 516 g/mol. The van der Waals surface area contributed by atoms with E-state index in [0.717, 1.165) is 24.2 Å². The number of aliphatic hydroxyl groups is 1. The molecule has 1 aromatic carbocycles. The molecule has 0 aliphatic heterocycles. The van der Waals surface area contributed by atoms with Gasteiger partial charge in [0.15, 0.2) is 0 Å². The number of nitrogens with two attached hydrogens (primary N) is 1. The number of nitrogens with one attached hydrogen (secondary N) is 2. The summed E-state index contributed by atoms with van der Waals surface area (Å²) >= 11 is 0. The van der Waals surface area contributed by atoms with Crippen molar-refractivity contribution in [3.8, 4) is 12.3 Å². The Morgan fingerprint density at radius 2 is 1.86 bits per heavy atom. The first-order chi connectivity index (χ1) is 17.4. The number of hydrogen-bond donors (Lipinski definition) is 4. The Kier molecular flexibility index (Phi) is 13.2. The molecule has 2 atom stereocenters. The van der Waals surface area contributed by atoms with Crippen LogP contribution in [0.1, 0.15) is 77.0 Å². The van der Waals surface area contributed by atoms with Crippen LogP contribution >= 0.6 is 0 Å². The molecule has 204 valence electrons. The van der Waals surface area contributed by atoms with Gasteiger partial charge >= 0.3 is 6.09 Å². The normalized spacial score (nSPS) is 12.5. The van der Waals surface area contributed by atoms with E-state index in [0.29, 0.717) is 17.7 Å². The lowest BCUT2D eigenvalue weighted by molar-refractivity contribution is -0.143. The number of alkyl carbamates (subject to hydrolysis) is 1. The standard InChI is InChI=1S/C27H40N4O6/c1-6-8-11-16-29-24(34)23(20-13-10-9-12-19(20)7-2)31(17-18-32)25(35)21(14-15-22(28)33)30-26(36)37-27(3,4)5/h2,9-10,12-13,21,23,32H,6,8,11,14-18H2,1,3-5H3,(H2,28,33)(H,29,34)(H,30,36). The van der Waals surface area contributed by atoms with E-state index in [1.54, 1.807) is 45.0 Å². The first-order valence-electron chi connectivity index (χ1n) is 12.5. The van der Waals surface area contributed by atoms with E-state index in [1.807, 2.05) is 6.92 Å². The zero-order chi connectivity index (χ0) is 28.0. The van der Waals surface area contributed by atoms with Crippen LogP contribution in [0.25, 0.3) is 0 Å². The Morgan fingerprint density at radius 1 is 1.19 bits per heavy atom. The molecule has 0 fully saturated rings. The number of amides is 4. The first kappa shape index (κ1) is 31.4. The minimum atomic E-state index is -1.25. The first-order valence-corrected chi connectivity index (χ1v) is 12.5. The van der Waals surface area contributed by atoms with Crippen LogP contribution in [-0.4, -0.2) is 65.2 Å². The number of terminal acetylenes is 1. The predicted octanol–water partition coefficient (Wildman–Crippen LogP) is 2.00. The molecule has 10 nitrogen and oxygen atoms in total. The fourth-order valence-electron chi connectivity index (χ4n) is 3.67. The average molecular weight is 517 g/mol. The summed E-state index contributed by atoms with van der Waals surface area (Å²) in [6.45, 7) is 6.75. The van der Waals surface area contributed by atoms with E-state index < -0.39 is 48.1 Å². The zero-order valence-electron chi connectivity index (χ0n) is 22.2. The van der Waals surface area contributed by atoms with Crippen LogP contribution < -0.4 is 16.4 Å². The Labute approximate surface area is 219 Å². The number of nitrogens with zero attached hydrogens (tertiary/aromatic N) is 1. The summed E-state index contributed by atoms with van der Waals surface area (Å²) in [7, 11) is 0. The summed E-state index contributed by atoms with van der Waals surface area (Å²) in [5, 5.41) is 15.2. The van der Waals surface area contributed by atoms with Gasteiger partial charge in [0.2, 0.25) is 17.7 Å². The van der Waals surface area contributed by atoms with Gasteiger partial charge in [-0.3, -0.25) is 14.4 Å². The van der Waals surface area contributed by atoms with Crippen molar-refractivity contribution in [2.45, 2.75) is 77.5 Å². The maximum Gasteiger partial charge on any atom is 0.408 e. The topological polar surface area (TPSA) is 151 Å². The lowest BCUT2D eigenvalue weighted by atomic mass is 9.97. The molecule has 0 aliphatic rings. The van der Waals surface area contributed by atoms with Crippen molar-refractivity contribution in [1.29, 1.82) is 0 Å². The number of primary amides is 1. The van der Waals surface area contributed by atoms with Gasteiger partial charge in [-0.2, -0.15) is 0 Å². The van der Waals surface area contributed by atoms with Crippen molar-refractivity contribution >= 4 is 23.8 Å². The van der Waals surface area contributed by atoms with Crippen LogP contribution in [0, 0.1) is 12.3 Å². The molecule has 2 unspecified atom stereocenters. The van der Waals surface area contributed by atoms with Crippen LogP contribution in [0.5, 0.6) is 0 Å².